The third-order valence-electron chi connectivity index (χ3n) is 2.81. The minimum absolute atomic E-state index is 0.747. The number of benzene rings is 1. The largest absolute Gasteiger partial charge is 0.339 e. The first-order valence-electron chi connectivity index (χ1n) is 5.90. The van der Waals surface area contributed by atoms with Crippen LogP contribution < -0.4 is 5.32 Å². The average Bonchev–Trinajstić information content (AvgIpc) is 3.05. The van der Waals surface area contributed by atoms with Crippen molar-refractivity contribution in [3.63, 3.8) is 0 Å². The van der Waals surface area contributed by atoms with Crippen LogP contribution in [0.25, 0.3) is 0 Å². The zero-order chi connectivity index (χ0) is 11.5. The van der Waals surface area contributed by atoms with E-state index in [0.29, 0.717) is 0 Å². The maximum atomic E-state index is 4.25. The zero-order valence-corrected chi connectivity index (χ0v) is 10.3. The van der Waals surface area contributed by atoms with Crippen molar-refractivity contribution in [3.8, 4) is 0 Å². The summed E-state index contributed by atoms with van der Waals surface area (Å²) < 4.78 is 0. The van der Waals surface area contributed by atoms with Crippen LogP contribution in [0.1, 0.15) is 18.4 Å². The summed E-state index contributed by atoms with van der Waals surface area (Å²) in [5.41, 5.74) is 1.35. The van der Waals surface area contributed by atoms with Gasteiger partial charge in [0.15, 0.2) is 5.16 Å². The molecule has 2 N–H and O–H groups in total. The van der Waals surface area contributed by atoms with E-state index in [1.54, 1.807) is 18.0 Å². The van der Waals surface area contributed by atoms with Gasteiger partial charge in [0.25, 0.3) is 0 Å². The summed E-state index contributed by atoms with van der Waals surface area (Å²) in [6.45, 7) is 0.953. The second kappa shape index (κ2) is 4.94. The summed E-state index contributed by atoms with van der Waals surface area (Å²) in [4.78, 5) is 8.64. The predicted octanol–water partition coefficient (Wildman–Crippen LogP) is 2.81. The molecule has 1 aromatic carbocycles. The quantitative estimate of drug-likeness (QED) is 0.851. The van der Waals surface area contributed by atoms with Gasteiger partial charge in [0, 0.05) is 29.9 Å². The molecule has 4 heteroatoms. The summed E-state index contributed by atoms with van der Waals surface area (Å²) in [5.74, 6) is 0. The fourth-order valence-electron chi connectivity index (χ4n) is 1.70. The third-order valence-corrected chi connectivity index (χ3v) is 3.85. The van der Waals surface area contributed by atoms with Crippen molar-refractivity contribution in [3.05, 3.63) is 42.2 Å². The van der Waals surface area contributed by atoms with E-state index >= 15 is 0 Å². The Kier molecular flexibility index (Phi) is 3.16. The van der Waals surface area contributed by atoms with Gasteiger partial charge in [-0.1, -0.05) is 30.0 Å². The van der Waals surface area contributed by atoms with Crippen molar-refractivity contribution in [1.82, 2.24) is 15.3 Å². The molecule has 3 rings (SSSR count). The van der Waals surface area contributed by atoms with Crippen LogP contribution in [0.2, 0.25) is 0 Å². The summed E-state index contributed by atoms with van der Waals surface area (Å²) in [6, 6.07) is 9.25. The Morgan fingerprint density at radius 1 is 1.35 bits per heavy atom. The molecular weight excluding hydrogens is 230 g/mol. The molecule has 2 aromatic rings. The number of nitrogens with zero attached hydrogens (tertiary/aromatic N) is 1. The Morgan fingerprint density at radius 3 is 3.00 bits per heavy atom. The van der Waals surface area contributed by atoms with E-state index in [1.807, 2.05) is 6.20 Å². The number of H-pyrrole nitrogens is 1. The lowest BCUT2D eigenvalue weighted by molar-refractivity contribution is 0.680. The van der Waals surface area contributed by atoms with Gasteiger partial charge in [-0.3, -0.25) is 0 Å². The summed E-state index contributed by atoms with van der Waals surface area (Å²) in [7, 11) is 0. The van der Waals surface area contributed by atoms with Crippen LogP contribution in [0.4, 0.5) is 0 Å². The highest BCUT2D eigenvalue weighted by Crippen LogP contribution is 2.28. The molecule has 17 heavy (non-hydrogen) atoms. The Labute approximate surface area is 105 Å². The van der Waals surface area contributed by atoms with Crippen molar-refractivity contribution in [1.29, 1.82) is 0 Å². The van der Waals surface area contributed by atoms with Crippen molar-refractivity contribution in [2.24, 2.45) is 0 Å². The number of rotatable bonds is 5. The molecule has 0 bridgehead atoms. The van der Waals surface area contributed by atoms with Crippen molar-refractivity contribution in [2.75, 3.05) is 0 Å². The molecule has 0 saturated heterocycles. The molecule has 0 amide bonds. The molecular formula is C13H15N3S. The lowest BCUT2D eigenvalue weighted by atomic mass is 10.2. The van der Waals surface area contributed by atoms with Crippen molar-refractivity contribution >= 4 is 11.8 Å². The van der Waals surface area contributed by atoms with Crippen LogP contribution in [-0.2, 0) is 6.54 Å². The van der Waals surface area contributed by atoms with E-state index in [0.717, 1.165) is 17.7 Å². The molecule has 0 radical (unpaired) electrons. The molecule has 1 saturated carbocycles. The molecule has 0 aliphatic heterocycles. The molecule has 0 spiro atoms. The number of hydrogen-bond acceptors (Lipinski definition) is 3. The van der Waals surface area contributed by atoms with Gasteiger partial charge in [0.1, 0.15) is 0 Å². The van der Waals surface area contributed by atoms with Crippen LogP contribution in [0.3, 0.4) is 0 Å². The van der Waals surface area contributed by atoms with Gasteiger partial charge in [-0.15, -0.1) is 0 Å². The standard InChI is InChI=1S/C13H15N3S/c1-2-4-12(17-13-14-7-8-15-13)10(3-1)9-16-11-5-6-11/h1-4,7-8,11,16H,5-6,9H2,(H,14,15). The predicted molar refractivity (Wildman–Crippen MR) is 69.0 cm³/mol. The van der Waals surface area contributed by atoms with Crippen LogP contribution in [-0.4, -0.2) is 16.0 Å². The van der Waals surface area contributed by atoms with Gasteiger partial charge < -0.3 is 10.3 Å². The lowest BCUT2D eigenvalue weighted by Gasteiger charge is -2.08. The number of nitrogens with one attached hydrogen (secondary N) is 2. The molecule has 0 atom stereocenters. The lowest BCUT2D eigenvalue weighted by Crippen LogP contribution is -2.15. The molecule has 0 unspecified atom stereocenters. The number of aromatic amines is 1. The smallest absolute Gasteiger partial charge is 0.170 e. The fraction of sp³-hybridized carbons (Fsp3) is 0.308. The normalized spacial score (nSPS) is 15.1. The summed E-state index contributed by atoms with van der Waals surface area (Å²) in [6.07, 6.45) is 6.29. The Bertz CT molecular complexity index is 477. The molecule has 1 fully saturated rings. The Morgan fingerprint density at radius 2 is 2.24 bits per heavy atom. The highest BCUT2D eigenvalue weighted by molar-refractivity contribution is 7.99. The van der Waals surface area contributed by atoms with Crippen molar-refractivity contribution in [2.45, 2.75) is 35.5 Å². The van der Waals surface area contributed by atoms with E-state index < -0.39 is 0 Å². The average molecular weight is 245 g/mol. The second-order valence-corrected chi connectivity index (χ2v) is 5.29. The first kappa shape index (κ1) is 10.9. The van der Waals surface area contributed by atoms with E-state index in [-0.39, 0.29) is 0 Å². The number of hydrogen-bond donors (Lipinski definition) is 2. The summed E-state index contributed by atoms with van der Waals surface area (Å²) >= 11 is 1.69. The SMILES string of the molecule is c1ccc(Sc2ncc[nH]2)c(CNC2CC2)c1. The molecule has 1 heterocycles. The highest BCUT2D eigenvalue weighted by atomic mass is 32.2. The van der Waals surface area contributed by atoms with Gasteiger partial charge in [0.05, 0.1) is 0 Å². The molecule has 3 nitrogen and oxygen atoms in total. The van der Waals surface area contributed by atoms with E-state index in [1.165, 1.54) is 23.3 Å². The first-order chi connectivity index (χ1) is 8.42. The molecule has 1 aliphatic rings. The third kappa shape index (κ3) is 2.90. The molecule has 88 valence electrons. The van der Waals surface area contributed by atoms with E-state index in [9.17, 15) is 0 Å². The van der Waals surface area contributed by atoms with Crippen LogP contribution in [0, 0.1) is 0 Å². The second-order valence-electron chi connectivity index (χ2n) is 4.26. The van der Waals surface area contributed by atoms with Gasteiger partial charge >= 0.3 is 0 Å². The van der Waals surface area contributed by atoms with Gasteiger partial charge in [-0.2, -0.15) is 0 Å². The fourth-order valence-corrected chi connectivity index (χ4v) is 2.57. The number of aromatic nitrogens is 2. The molecule has 1 aliphatic carbocycles. The monoisotopic (exact) mass is 245 g/mol. The van der Waals surface area contributed by atoms with Gasteiger partial charge in [-0.25, -0.2) is 4.98 Å². The van der Waals surface area contributed by atoms with E-state index in [4.69, 9.17) is 0 Å². The van der Waals surface area contributed by atoms with Gasteiger partial charge in [-0.05, 0) is 24.5 Å². The van der Waals surface area contributed by atoms with Crippen LogP contribution in [0.5, 0.6) is 0 Å². The maximum absolute atomic E-state index is 4.25. The highest BCUT2D eigenvalue weighted by Gasteiger charge is 2.20. The Hall–Kier alpha value is -1.26. The minimum Gasteiger partial charge on any atom is -0.339 e. The number of imidazole rings is 1. The van der Waals surface area contributed by atoms with Gasteiger partial charge in [0.2, 0.25) is 0 Å². The zero-order valence-electron chi connectivity index (χ0n) is 9.52. The Balaban J connectivity index is 1.72. The molecule has 1 aromatic heterocycles. The van der Waals surface area contributed by atoms with Crippen LogP contribution in [0.15, 0.2) is 46.7 Å². The first-order valence-corrected chi connectivity index (χ1v) is 6.72. The minimum atomic E-state index is 0.747. The van der Waals surface area contributed by atoms with Crippen molar-refractivity contribution < 1.29 is 0 Å². The van der Waals surface area contributed by atoms with Crippen LogP contribution >= 0.6 is 11.8 Å². The maximum Gasteiger partial charge on any atom is 0.170 e. The topological polar surface area (TPSA) is 40.7 Å². The summed E-state index contributed by atoms with van der Waals surface area (Å²) in [5, 5.41) is 4.50. The van der Waals surface area contributed by atoms with E-state index in [2.05, 4.69) is 39.6 Å².